The first-order valence-electron chi connectivity index (χ1n) is 8.67. The van der Waals surface area contributed by atoms with Gasteiger partial charge in [-0.05, 0) is 36.5 Å². The van der Waals surface area contributed by atoms with Crippen LogP contribution in [0.1, 0.15) is 38.7 Å². The van der Waals surface area contributed by atoms with Crippen LogP contribution in [0.15, 0.2) is 24.3 Å². The van der Waals surface area contributed by atoms with E-state index >= 15 is 0 Å². The molecule has 6 heteroatoms. The Labute approximate surface area is 148 Å². The zero-order valence-electron chi connectivity index (χ0n) is 15.1. The van der Waals surface area contributed by atoms with Crippen molar-refractivity contribution in [3.8, 4) is 0 Å². The Kier molecular flexibility index (Phi) is 6.56. The summed E-state index contributed by atoms with van der Waals surface area (Å²) < 4.78 is 4.76. The number of benzene rings is 1. The molecule has 0 bridgehead atoms. The minimum atomic E-state index is -0.626. The molecule has 25 heavy (non-hydrogen) atoms. The van der Waals surface area contributed by atoms with Crippen LogP contribution in [-0.4, -0.2) is 37.5 Å². The Hall–Kier alpha value is -2.37. The number of ether oxygens (including phenoxy) is 1. The zero-order valence-corrected chi connectivity index (χ0v) is 15.1. The van der Waals surface area contributed by atoms with E-state index in [1.807, 2.05) is 38.1 Å². The minimum Gasteiger partial charge on any atom is -0.467 e. The van der Waals surface area contributed by atoms with E-state index in [1.54, 1.807) is 4.90 Å². The van der Waals surface area contributed by atoms with Crippen LogP contribution in [-0.2, 0) is 25.5 Å². The highest BCUT2D eigenvalue weighted by Crippen LogP contribution is 2.21. The van der Waals surface area contributed by atoms with E-state index in [0.29, 0.717) is 12.8 Å². The molecule has 6 nitrogen and oxygen atoms in total. The van der Waals surface area contributed by atoms with Crippen LogP contribution in [0, 0.1) is 5.92 Å². The molecule has 0 saturated carbocycles. The second-order valence-electron chi connectivity index (χ2n) is 6.76. The van der Waals surface area contributed by atoms with Crippen molar-refractivity contribution < 1.29 is 19.1 Å². The third kappa shape index (κ3) is 5.31. The number of hydrogen-bond acceptors (Lipinski definition) is 4. The second-order valence-corrected chi connectivity index (χ2v) is 6.76. The van der Waals surface area contributed by atoms with Crippen LogP contribution >= 0.6 is 0 Å². The van der Waals surface area contributed by atoms with Crippen molar-refractivity contribution in [2.45, 2.75) is 45.6 Å². The molecule has 1 heterocycles. The molecule has 1 fully saturated rings. The molecule has 0 spiro atoms. The van der Waals surface area contributed by atoms with Gasteiger partial charge in [-0.3, -0.25) is 9.59 Å². The highest BCUT2D eigenvalue weighted by molar-refractivity contribution is 5.95. The first-order chi connectivity index (χ1) is 11.9. The van der Waals surface area contributed by atoms with Crippen LogP contribution in [0.4, 0.5) is 5.69 Å². The summed E-state index contributed by atoms with van der Waals surface area (Å²) in [5.74, 6) is -0.243. The lowest BCUT2D eigenvalue weighted by Crippen LogP contribution is -2.43. The van der Waals surface area contributed by atoms with Crippen molar-refractivity contribution in [3.05, 3.63) is 29.8 Å². The number of rotatable bonds is 7. The maximum Gasteiger partial charge on any atom is 0.328 e. The predicted octanol–water partition coefficient (Wildman–Crippen LogP) is 2.06. The Morgan fingerprint density at radius 3 is 2.44 bits per heavy atom. The van der Waals surface area contributed by atoms with Crippen LogP contribution in [0.25, 0.3) is 0 Å². The van der Waals surface area contributed by atoms with Gasteiger partial charge in [0, 0.05) is 18.7 Å². The molecule has 1 aromatic rings. The summed E-state index contributed by atoms with van der Waals surface area (Å²) in [4.78, 5) is 37.5. The molecule has 1 N–H and O–H groups in total. The minimum absolute atomic E-state index is 0.139. The van der Waals surface area contributed by atoms with Gasteiger partial charge in [0.15, 0.2) is 0 Å². The summed E-state index contributed by atoms with van der Waals surface area (Å²) >= 11 is 0. The van der Waals surface area contributed by atoms with E-state index in [4.69, 9.17) is 4.74 Å². The maximum absolute atomic E-state index is 12.2. The molecule has 2 rings (SSSR count). The van der Waals surface area contributed by atoms with E-state index in [0.717, 1.165) is 24.2 Å². The molecule has 1 aliphatic rings. The van der Waals surface area contributed by atoms with Crippen molar-refractivity contribution in [3.63, 3.8) is 0 Å². The van der Waals surface area contributed by atoms with Crippen LogP contribution in [0.5, 0.6) is 0 Å². The molecule has 136 valence electrons. The molecular formula is C19H26N2O4. The number of amides is 2. The molecule has 0 radical (unpaired) electrons. The van der Waals surface area contributed by atoms with Crippen molar-refractivity contribution >= 4 is 23.5 Å². The van der Waals surface area contributed by atoms with Gasteiger partial charge in [0.25, 0.3) is 0 Å². The maximum atomic E-state index is 12.2. The quantitative estimate of drug-likeness (QED) is 0.767. The van der Waals surface area contributed by atoms with E-state index in [-0.39, 0.29) is 24.2 Å². The van der Waals surface area contributed by atoms with Gasteiger partial charge in [-0.25, -0.2) is 4.79 Å². The van der Waals surface area contributed by atoms with E-state index in [1.165, 1.54) is 7.11 Å². The lowest BCUT2D eigenvalue weighted by Gasteiger charge is -2.18. The van der Waals surface area contributed by atoms with Crippen LogP contribution < -0.4 is 10.2 Å². The zero-order chi connectivity index (χ0) is 18.4. The monoisotopic (exact) mass is 346 g/mol. The molecule has 1 aliphatic heterocycles. The average molecular weight is 346 g/mol. The number of methoxy groups -OCH3 is 1. The fourth-order valence-corrected chi connectivity index (χ4v) is 2.97. The normalized spacial score (nSPS) is 15.4. The van der Waals surface area contributed by atoms with Crippen LogP contribution in [0.2, 0.25) is 0 Å². The van der Waals surface area contributed by atoms with Crippen molar-refractivity contribution in [2.24, 2.45) is 5.92 Å². The third-order valence-corrected chi connectivity index (χ3v) is 4.21. The Bertz CT molecular complexity index is 625. The average Bonchev–Trinajstić information content (AvgIpc) is 2.99. The van der Waals surface area contributed by atoms with Gasteiger partial charge in [0.1, 0.15) is 6.04 Å². The summed E-state index contributed by atoms with van der Waals surface area (Å²) in [6.07, 6.45) is 2.19. The third-order valence-electron chi connectivity index (χ3n) is 4.21. The summed E-state index contributed by atoms with van der Waals surface area (Å²) in [6, 6.07) is 6.78. The SMILES string of the molecule is COC(=O)[C@@H](CC(C)C)NC(=O)Cc1ccc(N2CCCC2=O)cc1. The lowest BCUT2D eigenvalue weighted by molar-refractivity contribution is -0.145. The lowest BCUT2D eigenvalue weighted by atomic mass is 10.0. The van der Waals surface area contributed by atoms with Crippen molar-refractivity contribution in [2.75, 3.05) is 18.6 Å². The van der Waals surface area contributed by atoms with Gasteiger partial charge < -0.3 is 15.0 Å². The van der Waals surface area contributed by atoms with E-state index < -0.39 is 12.0 Å². The largest absolute Gasteiger partial charge is 0.467 e. The smallest absolute Gasteiger partial charge is 0.328 e. The van der Waals surface area contributed by atoms with Gasteiger partial charge in [0.05, 0.1) is 13.5 Å². The Balaban J connectivity index is 1.95. The number of nitrogens with zero attached hydrogens (tertiary/aromatic N) is 1. The van der Waals surface area contributed by atoms with E-state index in [2.05, 4.69) is 5.32 Å². The molecular weight excluding hydrogens is 320 g/mol. The Morgan fingerprint density at radius 2 is 1.92 bits per heavy atom. The van der Waals surface area contributed by atoms with Gasteiger partial charge in [-0.1, -0.05) is 26.0 Å². The van der Waals surface area contributed by atoms with Gasteiger partial charge in [-0.15, -0.1) is 0 Å². The second kappa shape index (κ2) is 8.65. The number of anilines is 1. The van der Waals surface area contributed by atoms with Gasteiger partial charge in [0.2, 0.25) is 11.8 Å². The molecule has 0 unspecified atom stereocenters. The van der Waals surface area contributed by atoms with E-state index in [9.17, 15) is 14.4 Å². The highest BCUT2D eigenvalue weighted by Gasteiger charge is 2.23. The molecule has 1 atom stereocenters. The summed E-state index contributed by atoms with van der Waals surface area (Å²) in [5, 5.41) is 2.75. The number of esters is 1. The van der Waals surface area contributed by atoms with Gasteiger partial charge >= 0.3 is 5.97 Å². The summed E-state index contributed by atoms with van der Waals surface area (Å²) in [7, 11) is 1.32. The van der Waals surface area contributed by atoms with Crippen molar-refractivity contribution in [1.29, 1.82) is 0 Å². The summed E-state index contributed by atoms with van der Waals surface area (Å²) in [5.41, 5.74) is 1.69. The van der Waals surface area contributed by atoms with Crippen molar-refractivity contribution in [1.82, 2.24) is 5.32 Å². The first-order valence-corrected chi connectivity index (χ1v) is 8.67. The number of nitrogens with one attached hydrogen (secondary N) is 1. The number of hydrogen-bond donors (Lipinski definition) is 1. The summed E-state index contributed by atoms with van der Waals surface area (Å²) in [6.45, 7) is 4.72. The molecule has 1 saturated heterocycles. The highest BCUT2D eigenvalue weighted by atomic mass is 16.5. The fourth-order valence-electron chi connectivity index (χ4n) is 2.97. The number of carbonyl (C=O) groups excluding carboxylic acids is 3. The van der Waals surface area contributed by atoms with Gasteiger partial charge in [-0.2, -0.15) is 0 Å². The number of carbonyl (C=O) groups is 3. The Morgan fingerprint density at radius 1 is 1.24 bits per heavy atom. The van der Waals surface area contributed by atoms with Crippen LogP contribution in [0.3, 0.4) is 0 Å². The topological polar surface area (TPSA) is 75.7 Å². The molecule has 0 aliphatic carbocycles. The molecule has 2 amide bonds. The molecule has 0 aromatic heterocycles. The standard InChI is InChI=1S/C19H26N2O4/c1-13(2)11-16(19(24)25-3)20-17(22)12-14-6-8-15(9-7-14)21-10-4-5-18(21)23/h6-9,13,16H,4-5,10-12H2,1-3H3,(H,20,22)/t16-/m1/s1. The first kappa shape index (κ1) is 19.0. The fraction of sp³-hybridized carbons (Fsp3) is 0.526. The molecule has 1 aromatic carbocycles. The predicted molar refractivity (Wildman–Crippen MR) is 95.1 cm³/mol.